The Labute approximate surface area is 900 Å². The lowest BCUT2D eigenvalue weighted by atomic mass is 10.0. The minimum Gasteiger partial charge on any atom is -0.477 e. The quantitative estimate of drug-likeness (QED) is 0.0358. The number of amides is 1. The zero-order chi connectivity index (χ0) is 81.6. The number of nitrogen functional groups attached to an aromatic ring is 1. The number of aromatic nitrogens is 2. The molecule has 8 aromatic rings. The Morgan fingerprint density at radius 2 is 0.644 bits per heavy atom. The number of alkyl halides is 18. The first-order chi connectivity index (χ1) is 52.4. The highest BCUT2D eigenvalue weighted by Gasteiger charge is 2.47. The molecule has 19 nitrogen and oxygen atoms in total. The predicted octanol–water partition coefficient (Wildman–Crippen LogP) is 28.7. The zero-order valence-corrected chi connectivity index (χ0v) is 86.4. The van der Waals surface area contributed by atoms with Crippen molar-refractivity contribution in [1.29, 1.82) is 0 Å². The van der Waals surface area contributed by atoms with Crippen LogP contribution >= 0.6 is 285 Å². The molecule has 0 radical (unpaired) electrons. The highest BCUT2D eigenvalue weighted by molar-refractivity contribution is 6.07. The molecule has 61 heteroatoms. The number of anilines is 5. The van der Waals surface area contributed by atoms with Gasteiger partial charge in [-0.15, -0.1) is 285 Å². The van der Waals surface area contributed by atoms with Gasteiger partial charge in [-0.3, -0.25) is 34.6 Å². The van der Waals surface area contributed by atoms with Crippen LogP contribution in [-0.2, 0) is 37.1 Å². The van der Waals surface area contributed by atoms with E-state index in [4.69, 9.17) is 10.8 Å². The summed E-state index contributed by atoms with van der Waals surface area (Å²) in [6.45, 7) is 0. The van der Waals surface area contributed by atoms with Crippen molar-refractivity contribution in [2.45, 2.75) is 188 Å². The summed E-state index contributed by atoms with van der Waals surface area (Å²) in [7, 11) is 0. The number of carbonyl (C=O) groups excluding carboxylic acids is 1. The minimum absolute atomic E-state index is 0. The molecular formula is C74H90Cl23F19N10O9. The Morgan fingerprint density at radius 3 is 0.948 bits per heavy atom. The van der Waals surface area contributed by atoms with Gasteiger partial charge in [0.05, 0.1) is 48.6 Å². The van der Waals surface area contributed by atoms with Crippen molar-refractivity contribution < 1.29 is 108 Å². The summed E-state index contributed by atoms with van der Waals surface area (Å²) >= 11 is 0. The lowest BCUT2D eigenvalue weighted by molar-refractivity contribution is -0.388. The molecule has 6 aromatic carbocycles. The third-order valence-electron chi connectivity index (χ3n) is 21.2. The number of benzene rings is 6. The van der Waals surface area contributed by atoms with Gasteiger partial charge in [-0.25, -0.2) is 9.18 Å². The number of aromatic carboxylic acids is 1. The first-order valence-corrected chi connectivity index (χ1v) is 35.0. The number of nitrogens with two attached hydrogens (primary N) is 1. The SMILES string of the molecule is C1CC2CCC1N2.Cl.Cl.Cl.Cl.Cl.Cl.Cl.Cl.Cl.Cl.Cl.Cl.Cl.Cl.Cl.Cl.Cl.Cl.Cl.Cl.Cl.Cl.Cl.Nc1ccc(N2C3CCC2CC3)cc1C(F)(F)F.O=C(Nc1cc(N2C3CCC2CC3)ccc1C(F)(F)F)c1c[nH]c2cccc(C(F)(F)F)c2c1=O.O=C(O)c1c[nH]c2cccc(C(F)(F)F)c2c1=O.O=[N+]([O-])c1ccc(F)cc1C(F)(F)F.O=[N+]([O-])c1ccc(N2C3CCC2CC3)cc1C(F)(F)F. The number of H-pyrrole nitrogens is 2. The number of nitro benzene ring substituents is 2. The van der Waals surface area contributed by atoms with E-state index >= 15 is 0 Å². The van der Waals surface area contributed by atoms with Crippen LogP contribution in [0.3, 0.4) is 0 Å². The molecule has 0 unspecified atom stereocenters. The molecule has 16 rings (SSSR count). The number of nitro groups is 2. The number of carboxylic acids is 1. The van der Waals surface area contributed by atoms with Gasteiger partial charge in [0.15, 0.2) is 0 Å². The molecule has 2 aromatic heterocycles. The van der Waals surface area contributed by atoms with Gasteiger partial charge in [-0.2, -0.15) is 79.0 Å². The number of fused-ring (bicyclic) bond motifs is 10. The lowest BCUT2D eigenvalue weighted by Crippen LogP contribution is -2.29. The average Bonchev–Trinajstić information content (AvgIpc) is 1.74. The highest BCUT2D eigenvalue weighted by Crippen LogP contribution is 2.49. The van der Waals surface area contributed by atoms with Gasteiger partial charge in [0.2, 0.25) is 10.9 Å². The number of hydrogen-bond acceptors (Lipinski definition) is 13. The van der Waals surface area contributed by atoms with Crippen molar-refractivity contribution >= 4 is 359 Å². The molecule has 8 aliphatic rings. The molecule has 135 heavy (non-hydrogen) atoms. The van der Waals surface area contributed by atoms with Gasteiger partial charge in [0, 0.05) is 107 Å². The summed E-state index contributed by atoms with van der Waals surface area (Å²) in [5, 5.41) is 33.8. The minimum atomic E-state index is -4.93. The van der Waals surface area contributed by atoms with Crippen LogP contribution in [0.1, 0.15) is 157 Å². The molecule has 0 spiro atoms. The van der Waals surface area contributed by atoms with Gasteiger partial charge in [0.25, 0.3) is 17.3 Å². The summed E-state index contributed by atoms with van der Waals surface area (Å²) < 4.78 is 246. The molecule has 8 bridgehead atoms. The number of carboxylic acid groups (broad SMARTS) is 1. The molecule has 7 N–H and O–H groups in total. The van der Waals surface area contributed by atoms with Crippen molar-refractivity contribution in [2.75, 3.05) is 25.8 Å². The summed E-state index contributed by atoms with van der Waals surface area (Å²) in [5.41, 5.74) is -6.73. The van der Waals surface area contributed by atoms with Gasteiger partial charge in [0.1, 0.15) is 28.1 Å². The Balaban J connectivity index is -0.000000121. The summed E-state index contributed by atoms with van der Waals surface area (Å²) in [6.07, 6.45) is -8.76. The number of rotatable bonds is 8. The summed E-state index contributed by atoms with van der Waals surface area (Å²) in [4.78, 5) is 78.0. The smallest absolute Gasteiger partial charge is 0.423 e. The number of carbonyl (C=O) groups is 2. The molecule has 8 fully saturated rings. The van der Waals surface area contributed by atoms with E-state index in [1.165, 1.54) is 68.1 Å². The van der Waals surface area contributed by atoms with E-state index < -0.39 is 148 Å². The first-order valence-electron chi connectivity index (χ1n) is 35.0. The molecule has 8 aliphatic heterocycles. The van der Waals surface area contributed by atoms with Crippen LogP contribution in [0.4, 0.5) is 123 Å². The number of hydrogen-bond donors (Lipinski definition) is 6. The molecule has 0 saturated carbocycles. The van der Waals surface area contributed by atoms with Crippen LogP contribution in [0.25, 0.3) is 21.8 Å². The number of nitrogens with zero attached hydrogens (tertiary/aromatic N) is 5. The largest absolute Gasteiger partial charge is 0.477 e. The average molecular weight is 2440 g/mol. The standard InChI is InChI=1S/C24H19F6N3O2.C13H13F3N2O2.C13H15F3N2.C11H6F3NO3.C7H3F4NO2.C6H11N.23ClH/c25-23(26,27)16-9-8-14(33-12-4-5-13(33)7-6-12)10-19(16)32-22(35)15-11-31-18-3-1-2-17(24(28,29)30)20(18)21(15)34;14-13(15,16)11-7-10(5-6-12(11)18(19)20)17-8-1-2-9(17)4-3-8;14-13(15,16)11-7-10(5-6-12(11)17)18-8-1-2-9(18)4-3-8;12-11(13,14)6-2-1-3-7-8(6)9(16)5(4-15-7)10(17)18;8-4-1-2-6(12(13)14)5(3-4)7(9,10)11;1-2-6-4-3-5(1)7-6;;;;;;;;;;;;;;;;;;;;;;;/h1-3,8-13H,4-7H2,(H,31,34)(H,32,35);5-9H,1-4H2;5-9H,1-4,17H2;1-4H,(H,15,16)(H,17,18);1-3H;5-7H,1-4H2;23*1H. The molecular weight excluding hydrogens is 2350 g/mol. The van der Waals surface area contributed by atoms with Crippen molar-refractivity contribution in [3.8, 4) is 0 Å². The number of nitrogens with one attached hydrogen (secondary N) is 4. The normalized spacial score (nSPS) is 17.8. The van der Waals surface area contributed by atoms with E-state index in [1.807, 2.05) is 9.80 Å². The third kappa shape index (κ3) is 37.6. The maximum absolute atomic E-state index is 13.7. The van der Waals surface area contributed by atoms with Gasteiger partial charge >= 0.3 is 43.0 Å². The second-order valence-electron chi connectivity index (χ2n) is 28.0. The maximum Gasteiger partial charge on any atom is 0.423 e. The molecule has 1 amide bonds. The maximum atomic E-state index is 13.7. The Morgan fingerprint density at radius 1 is 0.363 bits per heavy atom. The van der Waals surface area contributed by atoms with E-state index in [-0.39, 0.29) is 332 Å². The van der Waals surface area contributed by atoms with Crippen LogP contribution < -0.4 is 41.9 Å². The van der Waals surface area contributed by atoms with E-state index in [9.17, 15) is 123 Å². The zero-order valence-electron chi connectivity index (χ0n) is 67.6. The van der Waals surface area contributed by atoms with Crippen molar-refractivity contribution in [3.63, 3.8) is 0 Å². The van der Waals surface area contributed by atoms with Crippen molar-refractivity contribution in [1.82, 2.24) is 15.3 Å². The molecule has 8 saturated heterocycles. The Hall–Kier alpha value is -4.02. The number of halogens is 42. The topological polar surface area (TPSA) is 266 Å². The molecule has 0 atom stereocenters. The van der Waals surface area contributed by atoms with Crippen LogP contribution in [0.5, 0.6) is 0 Å². The molecule has 784 valence electrons. The van der Waals surface area contributed by atoms with Gasteiger partial charge < -0.3 is 46.1 Å². The fourth-order valence-electron chi connectivity index (χ4n) is 16.2. The summed E-state index contributed by atoms with van der Waals surface area (Å²) in [6, 6.07) is 22.1. The van der Waals surface area contributed by atoms with Crippen molar-refractivity contribution in [2.24, 2.45) is 0 Å². The van der Waals surface area contributed by atoms with Crippen LogP contribution in [0.15, 0.2) is 131 Å². The van der Waals surface area contributed by atoms with E-state index in [0.717, 1.165) is 138 Å². The van der Waals surface area contributed by atoms with E-state index in [1.54, 1.807) is 6.07 Å². The Kier molecular flexibility index (Phi) is 76.1. The molecule has 0 aliphatic carbocycles. The lowest BCUT2D eigenvalue weighted by Gasteiger charge is -2.26. The number of pyridine rings is 2. The fourth-order valence-corrected chi connectivity index (χ4v) is 16.2. The Bertz CT molecular complexity index is 5020. The number of aromatic amines is 2. The van der Waals surface area contributed by atoms with E-state index in [2.05, 4.69) is 25.5 Å². The van der Waals surface area contributed by atoms with Crippen LogP contribution in [0.2, 0.25) is 0 Å². The van der Waals surface area contributed by atoms with Gasteiger partial charge in [-0.05, 0) is 188 Å². The monoisotopic (exact) mass is 2430 g/mol. The van der Waals surface area contributed by atoms with Crippen LogP contribution in [-0.4, -0.2) is 85.1 Å². The van der Waals surface area contributed by atoms with Crippen molar-refractivity contribution in [3.05, 3.63) is 213 Å². The highest BCUT2D eigenvalue weighted by atomic mass is 35.5. The second-order valence-corrected chi connectivity index (χ2v) is 28.0. The van der Waals surface area contributed by atoms with Crippen LogP contribution in [0, 0.1) is 26.0 Å². The second kappa shape index (κ2) is 64.6. The molecule has 10 heterocycles. The summed E-state index contributed by atoms with van der Waals surface area (Å²) in [5.74, 6) is -3.98. The fraction of sp³-hybridized carbons (Fsp3) is 0.405. The van der Waals surface area contributed by atoms with Gasteiger partial charge in [-0.1, -0.05) is 12.1 Å². The third-order valence-corrected chi connectivity index (χ3v) is 21.2. The predicted molar refractivity (Wildman–Crippen MR) is 539 cm³/mol. The first kappa shape index (κ1) is 159. The van der Waals surface area contributed by atoms with E-state index in [0.29, 0.717) is 47.3 Å².